The highest BCUT2D eigenvalue weighted by molar-refractivity contribution is 5.81. The lowest BCUT2D eigenvalue weighted by Crippen LogP contribution is -2.45. The smallest absolute Gasteiger partial charge is 0.225 e. The van der Waals surface area contributed by atoms with E-state index < -0.39 is 0 Å². The molecule has 0 aromatic rings. The number of carbonyl (C=O) groups excluding carboxylic acids is 1. The van der Waals surface area contributed by atoms with E-state index >= 15 is 0 Å². The predicted molar refractivity (Wildman–Crippen MR) is 105 cm³/mol. The number of hydrogen-bond acceptors (Lipinski definition) is 2. The second-order valence-electron chi connectivity index (χ2n) is 8.82. The zero-order valence-electron chi connectivity index (χ0n) is 16.7. The van der Waals surface area contributed by atoms with E-state index in [1.165, 1.54) is 19.3 Å². The van der Waals surface area contributed by atoms with E-state index in [0.29, 0.717) is 17.4 Å². The van der Waals surface area contributed by atoms with Gasteiger partial charge >= 0.3 is 0 Å². The second kappa shape index (κ2) is 9.44. The molecule has 0 aromatic carbocycles. The van der Waals surface area contributed by atoms with Crippen molar-refractivity contribution in [2.75, 3.05) is 26.2 Å². The molecule has 5 heteroatoms. The zero-order valence-corrected chi connectivity index (χ0v) is 16.7. The van der Waals surface area contributed by atoms with Gasteiger partial charge in [0.05, 0.1) is 0 Å². The summed E-state index contributed by atoms with van der Waals surface area (Å²) in [6, 6.07) is 0.325. The highest BCUT2D eigenvalue weighted by Crippen LogP contribution is 2.27. The molecule has 25 heavy (non-hydrogen) atoms. The average molecular weight is 351 g/mol. The summed E-state index contributed by atoms with van der Waals surface area (Å²) in [4.78, 5) is 19.3. The molecule has 2 fully saturated rings. The number of guanidine groups is 1. The Morgan fingerprint density at radius 2 is 1.92 bits per heavy atom. The lowest BCUT2D eigenvalue weighted by atomic mass is 9.91. The topological polar surface area (TPSA) is 56.7 Å². The van der Waals surface area contributed by atoms with Gasteiger partial charge in [-0.15, -0.1) is 0 Å². The standard InChI is InChI=1S/C20H38N4O/c1-5-21-19(22-13-8-12-20(2,3)4)23-17-11-14-24(15-17)18(25)16-9-6-7-10-16/h16-17H,5-15H2,1-4H3,(H2,21,22,23). The Kier molecular flexibility index (Phi) is 7.57. The number of nitrogens with zero attached hydrogens (tertiary/aromatic N) is 2. The minimum atomic E-state index is 0.290. The maximum atomic E-state index is 12.6. The first-order valence-electron chi connectivity index (χ1n) is 10.2. The summed E-state index contributed by atoms with van der Waals surface area (Å²) in [5, 5.41) is 6.88. The Bertz CT molecular complexity index is 449. The van der Waals surface area contributed by atoms with Crippen LogP contribution >= 0.6 is 0 Å². The lowest BCUT2D eigenvalue weighted by molar-refractivity contribution is -0.134. The Labute approximate surface area is 154 Å². The van der Waals surface area contributed by atoms with Crippen LogP contribution in [-0.4, -0.2) is 49.0 Å². The van der Waals surface area contributed by atoms with Gasteiger partial charge in [-0.25, -0.2) is 0 Å². The number of hydrogen-bond donors (Lipinski definition) is 2. The molecule has 2 aliphatic rings. The van der Waals surface area contributed by atoms with Crippen LogP contribution in [0.5, 0.6) is 0 Å². The van der Waals surface area contributed by atoms with Crippen LogP contribution < -0.4 is 10.6 Å². The number of aliphatic imine (C=N–C) groups is 1. The first-order valence-corrected chi connectivity index (χ1v) is 10.2. The maximum Gasteiger partial charge on any atom is 0.225 e. The van der Waals surface area contributed by atoms with E-state index in [1.807, 2.05) is 0 Å². The van der Waals surface area contributed by atoms with Crippen molar-refractivity contribution < 1.29 is 4.79 Å². The summed E-state index contributed by atoms with van der Waals surface area (Å²) in [5.41, 5.74) is 0.369. The monoisotopic (exact) mass is 350 g/mol. The molecule has 0 bridgehead atoms. The van der Waals surface area contributed by atoms with Crippen molar-refractivity contribution in [3.8, 4) is 0 Å². The number of amides is 1. The van der Waals surface area contributed by atoms with Crippen LogP contribution in [0.2, 0.25) is 0 Å². The fraction of sp³-hybridized carbons (Fsp3) is 0.900. The van der Waals surface area contributed by atoms with Gasteiger partial charge in [0, 0.05) is 38.1 Å². The van der Waals surface area contributed by atoms with Crippen LogP contribution in [0.3, 0.4) is 0 Å². The molecule has 1 amide bonds. The van der Waals surface area contributed by atoms with E-state index in [4.69, 9.17) is 4.99 Å². The molecule has 0 spiro atoms. The van der Waals surface area contributed by atoms with E-state index in [0.717, 1.165) is 57.8 Å². The summed E-state index contributed by atoms with van der Waals surface area (Å²) in [5.74, 6) is 1.57. The molecule has 1 heterocycles. The lowest BCUT2D eigenvalue weighted by Gasteiger charge is -2.21. The van der Waals surface area contributed by atoms with Crippen LogP contribution in [-0.2, 0) is 4.79 Å². The Morgan fingerprint density at radius 3 is 2.56 bits per heavy atom. The Hall–Kier alpha value is -1.26. The van der Waals surface area contributed by atoms with Crippen LogP contribution in [0.15, 0.2) is 4.99 Å². The number of likely N-dealkylation sites (tertiary alicyclic amines) is 1. The second-order valence-corrected chi connectivity index (χ2v) is 8.82. The molecule has 1 unspecified atom stereocenters. The minimum Gasteiger partial charge on any atom is -0.357 e. The summed E-state index contributed by atoms with van der Waals surface area (Å²) in [6.45, 7) is 12.3. The normalized spacial score (nSPS) is 22.5. The van der Waals surface area contributed by atoms with E-state index in [2.05, 4.69) is 43.2 Å². The SMILES string of the molecule is CCNC(=NCCCC(C)(C)C)NC1CCN(C(=O)C2CCCC2)C1. The van der Waals surface area contributed by atoms with Gasteiger partial charge < -0.3 is 15.5 Å². The third-order valence-corrected chi connectivity index (χ3v) is 5.24. The van der Waals surface area contributed by atoms with Crippen molar-refractivity contribution in [1.29, 1.82) is 0 Å². The molecule has 1 atom stereocenters. The molecule has 1 aliphatic heterocycles. The Balaban J connectivity index is 1.78. The summed E-state index contributed by atoms with van der Waals surface area (Å²) >= 11 is 0. The van der Waals surface area contributed by atoms with E-state index in [-0.39, 0.29) is 5.92 Å². The van der Waals surface area contributed by atoms with E-state index in [1.54, 1.807) is 0 Å². The zero-order chi connectivity index (χ0) is 18.3. The van der Waals surface area contributed by atoms with Gasteiger partial charge in [0.15, 0.2) is 5.96 Å². The largest absolute Gasteiger partial charge is 0.357 e. The molecule has 144 valence electrons. The summed E-state index contributed by atoms with van der Waals surface area (Å²) in [7, 11) is 0. The molecule has 5 nitrogen and oxygen atoms in total. The molecular weight excluding hydrogens is 312 g/mol. The van der Waals surface area contributed by atoms with Gasteiger partial charge in [-0.05, 0) is 44.4 Å². The van der Waals surface area contributed by atoms with Crippen molar-refractivity contribution >= 4 is 11.9 Å². The van der Waals surface area contributed by atoms with E-state index in [9.17, 15) is 4.79 Å². The molecule has 1 aliphatic carbocycles. The third kappa shape index (κ3) is 6.87. The van der Waals surface area contributed by atoms with Crippen molar-refractivity contribution in [3.05, 3.63) is 0 Å². The van der Waals surface area contributed by atoms with Gasteiger partial charge in [0.25, 0.3) is 0 Å². The van der Waals surface area contributed by atoms with Crippen molar-refractivity contribution in [2.24, 2.45) is 16.3 Å². The van der Waals surface area contributed by atoms with Gasteiger partial charge in [-0.3, -0.25) is 9.79 Å². The van der Waals surface area contributed by atoms with Gasteiger partial charge in [0.1, 0.15) is 0 Å². The van der Waals surface area contributed by atoms with Crippen LogP contribution in [0, 0.1) is 11.3 Å². The highest BCUT2D eigenvalue weighted by atomic mass is 16.2. The van der Waals surface area contributed by atoms with Crippen molar-refractivity contribution in [3.63, 3.8) is 0 Å². The van der Waals surface area contributed by atoms with Crippen molar-refractivity contribution in [1.82, 2.24) is 15.5 Å². The van der Waals surface area contributed by atoms with Crippen LogP contribution in [0.4, 0.5) is 0 Å². The number of rotatable bonds is 6. The summed E-state index contributed by atoms with van der Waals surface area (Å²) in [6.07, 6.45) is 7.93. The first-order chi connectivity index (χ1) is 11.9. The molecule has 0 aromatic heterocycles. The maximum absolute atomic E-state index is 12.6. The van der Waals surface area contributed by atoms with Crippen LogP contribution in [0.1, 0.15) is 72.6 Å². The quantitative estimate of drug-likeness (QED) is 0.439. The fourth-order valence-electron chi connectivity index (χ4n) is 3.82. The van der Waals surface area contributed by atoms with Gasteiger partial charge in [0.2, 0.25) is 5.91 Å². The third-order valence-electron chi connectivity index (χ3n) is 5.24. The Morgan fingerprint density at radius 1 is 1.20 bits per heavy atom. The van der Waals surface area contributed by atoms with Gasteiger partial charge in [-0.2, -0.15) is 0 Å². The number of nitrogens with one attached hydrogen (secondary N) is 2. The molecule has 1 saturated carbocycles. The fourth-order valence-corrected chi connectivity index (χ4v) is 3.82. The minimum absolute atomic E-state index is 0.290. The first kappa shape index (κ1) is 20.1. The van der Waals surface area contributed by atoms with Gasteiger partial charge in [-0.1, -0.05) is 33.6 Å². The number of carbonyl (C=O) groups is 1. The molecule has 0 radical (unpaired) electrons. The molecular formula is C20H38N4O. The molecule has 2 rings (SSSR count). The highest BCUT2D eigenvalue weighted by Gasteiger charge is 2.32. The average Bonchev–Trinajstić information content (AvgIpc) is 3.21. The molecule has 2 N–H and O–H groups in total. The predicted octanol–water partition coefficient (Wildman–Crippen LogP) is 3.16. The van der Waals surface area contributed by atoms with Crippen LogP contribution in [0.25, 0.3) is 0 Å². The molecule has 1 saturated heterocycles. The van der Waals surface area contributed by atoms with Crippen molar-refractivity contribution in [2.45, 2.75) is 78.7 Å². The summed E-state index contributed by atoms with van der Waals surface area (Å²) < 4.78 is 0.